The van der Waals surface area contributed by atoms with Crippen molar-refractivity contribution in [2.75, 3.05) is 19.3 Å². The van der Waals surface area contributed by atoms with Crippen LogP contribution in [0.2, 0.25) is 0 Å². The average molecular weight is 325 g/mol. The highest BCUT2D eigenvalue weighted by atomic mass is 32.2. The molecule has 1 heterocycles. The van der Waals surface area contributed by atoms with E-state index in [1.165, 1.54) is 11.8 Å². The van der Waals surface area contributed by atoms with E-state index in [2.05, 4.69) is 30.3 Å². The first kappa shape index (κ1) is 17.3. The van der Waals surface area contributed by atoms with Crippen LogP contribution in [-0.4, -0.2) is 50.9 Å². The van der Waals surface area contributed by atoms with Crippen molar-refractivity contribution in [3.63, 3.8) is 0 Å². The molecule has 1 amide bonds. The fourth-order valence-corrected chi connectivity index (χ4v) is 3.91. The van der Waals surface area contributed by atoms with E-state index >= 15 is 0 Å². The summed E-state index contributed by atoms with van der Waals surface area (Å²) in [4.78, 5) is 18.4. The van der Waals surface area contributed by atoms with Gasteiger partial charge in [-0.15, -0.1) is 0 Å². The van der Waals surface area contributed by atoms with Crippen molar-refractivity contribution in [2.24, 2.45) is 5.92 Å². The summed E-state index contributed by atoms with van der Waals surface area (Å²) in [6, 6.07) is 0. The first-order valence-electron chi connectivity index (χ1n) is 7.87. The molecule has 1 aromatic rings. The SMILES string of the molecule is CN(CC1CCCC1O)C(=O)CSc1nccn1C(C)(C)C. The number of nitrogens with zero attached hydrogens (tertiary/aromatic N) is 3. The third kappa shape index (κ3) is 4.26. The van der Waals surface area contributed by atoms with Crippen LogP contribution in [0.15, 0.2) is 17.6 Å². The fourth-order valence-electron chi connectivity index (χ4n) is 2.83. The molecule has 1 aliphatic carbocycles. The van der Waals surface area contributed by atoms with E-state index in [1.54, 1.807) is 11.1 Å². The highest BCUT2D eigenvalue weighted by molar-refractivity contribution is 7.99. The molecule has 2 unspecified atom stereocenters. The van der Waals surface area contributed by atoms with Gasteiger partial charge < -0.3 is 14.6 Å². The molecule has 0 saturated heterocycles. The molecule has 0 aliphatic heterocycles. The van der Waals surface area contributed by atoms with Gasteiger partial charge in [0, 0.05) is 37.4 Å². The Balaban J connectivity index is 1.86. The summed E-state index contributed by atoms with van der Waals surface area (Å²) in [5.74, 6) is 0.704. The summed E-state index contributed by atoms with van der Waals surface area (Å²) in [5, 5.41) is 10.7. The lowest BCUT2D eigenvalue weighted by Crippen LogP contribution is -2.35. The van der Waals surface area contributed by atoms with E-state index in [0.717, 1.165) is 24.4 Å². The van der Waals surface area contributed by atoms with Gasteiger partial charge in [-0.25, -0.2) is 4.98 Å². The third-order valence-corrected chi connectivity index (χ3v) is 5.16. The van der Waals surface area contributed by atoms with Crippen LogP contribution in [-0.2, 0) is 10.3 Å². The molecule has 124 valence electrons. The van der Waals surface area contributed by atoms with E-state index in [-0.39, 0.29) is 23.5 Å². The van der Waals surface area contributed by atoms with E-state index in [0.29, 0.717) is 12.3 Å². The van der Waals surface area contributed by atoms with E-state index in [9.17, 15) is 9.90 Å². The molecule has 1 aromatic heterocycles. The highest BCUT2D eigenvalue weighted by Crippen LogP contribution is 2.27. The van der Waals surface area contributed by atoms with Gasteiger partial charge in [0.2, 0.25) is 5.91 Å². The van der Waals surface area contributed by atoms with Gasteiger partial charge in [-0.2, -0.15) is 0 Å². The molecule has 2 atom stereocenters. The predicted molar refractivity (Wildman–Crippen MR) is 88.9 cm³/mol. The number of aliphatic hydroxyl groups is 1. The Morgan fingerprint density at radius 2 is 2.23 bits per heavy atom. The molecule has 1 saturated carbocycles. The van der Waals surface area contributed by atoms with Gasteiger partial charge in [0.15, 0.2) is 5.16 Å². The molecule has 0 aromatic carbocycles. The Morgan fingerprint density at radius 3 is 2.82 bits per heavy atom. The normalized spacial score (nSPS) is 22.0. The van der Waals surface area contributed by atoms with Crippen LogP contribution >= 0.6 is 11.8 Å². The van der Waals surface area contributed by atoms with Crippen molar-refractivity contribution >= 4 is 17.7 Å². The van der Waals surface area contributed by atoms with E-state index < -0.39 is 0 Å². The second-order valence-electron chi connectivity index (χ2n) is 7.07. The van der Waals surface area contributed by atoms with E-state index in [1.807, 2.05) is 13.2 Å². The molecule has 6 heteroatoms. The van der Waals surface area contributed by atoms with Crippen LogP contribution in [0.1, 0.15) is 40.0 Å². The molecule has 0 radical (unpaired) electrons. The van der Waals surface area contributed by atoms with Gasteiger partial charge in [-0.3, -0.25) is 4.79 Å². The minimum atomic E-state index is -0.248. The lowest BCUT2D eigenvalue weighted by atomic mass is 10.1. The average Bonchev–Trinajstić information content (AvgIpc) is 3.05. The van der Waals surface area contributed by atoms with Crippen molar-refractivity contribution in [3.05, 3.63) is 12.4 Å². The van der Waals surface area contributed by atoms with Crippen molar-refractivity contribution < 1.29 is 9.90 Å². The molecule has 1 fully saturated rings. The van der Waals surface area contributed by atoms with Crippen molar-refractivity contribution in [1.82, 2.24) is 14.5 Å². The Morgan fingerprint density at radius 1 is 1.50 bits per heavy atom. The van der Waals surface area contributed by atoms with Crippen LogP contribution in [0.3, 0.4) is 0 Å². The molecule has 5 nitrogen and oxygen atoms in total. The number of aliphatic hydroxyl groups excluding tert-OH is 1. The molecule has 22 heavy (non-hydrogen) atoms. The first-order chi connectivity index (χ1) is 10.3. The number of aromatic nitrogens is 2. The summed E-state index contributed by atoms with van der Waals surface area (Å²) in [5.41, 5.74) is -0.0399. The molecule has 0 spiro atoms. The van der Waals surface area contributed by atoms with Crippen molar-refractivity contribution in [1.29, 1.82) is 0 Å². The summed E-state index contributed by atoms with van der Waals surface area (Å²) in [6.07, 6.45) is 6.42. The van der Waals surface area contributed by atoms with E-state index in [4.69, 9.17) is 0 Å². The first-order valence-corrected chi connectivity index (χ1v) is 8.86. The van der Waals surface area contributed by atoms with Crippen LogP contribution < -0.4 is 0 Å². The summed E-state index contributed by atoms with van der Waals surface area (Å²) in [7, 11) is 1.82. The second-order valence-corrected chi connectivity index (χ2v) is 8.01. The maximum atomic E-state index is 12.3. The van der Waals surface area contributed by atoms with Crippen molar-refractivity contribution in [2.45, 2.75) is 56.8 Å². The summed E-state index contributed by atoms with van der Waals surface area (Å²) in [6.45, 7) is 7.00. The lowest BCUT2D eigenvalue weighted by Gasteiger charge is -2.24. The van der Waals surface area contributed by atoms with Gasteiger partial charge in [-0.05, 0) is 33.6 Å². The van der Waals surface area contributed by atoms with Crippen LogP contribution in [0, 0.1) is 5.92 Å². The van der Waals surface area contributed by atoms with Gasteiger partial charge in [0.25, 0.3) is 0 Å². The number of thioether (sulfide) groups is 1. The Bertz CT molecular complexity index is 510. The van der Waals surface area contributed by atoms with Gasteiger partial charge in [0.05, 0.1) is 11.9 Å². The minimum absolute atomic E-state index is 0.0399. The molecule has 2 rings (SSSR count). The maximum Gasteiger partial charge on any atom is 0.232 e. The molecule has 1 N–H and O–H groups in total. The molecule has 0 bridgehead atoms. The number of hydrogen-bond donors (Lipinski definition) is 1. The Hall–Kier alpha value is -1.01. The zero-order chi connectivity index (χ0) is 16.3. The third-order valence-electron chi connectivity index (χ3n) is 4.21. The minimum Gasteiger partial charge on any atom is -0.393 e. The number of amides is 1. The number of carbonyl (C=O) groups is 1. The van der Waals surface area contributed by atoms with Crippen molar-refractivity contribution in [3.8, 4) is 0 Å². The predicted octanol–water partition coefficient (Wildman–Crippen LogP) is 2.35. The summed E-state index contributed by atoms with van der Waals surface area (Å²) >= 11 is 1.47. The lowest BCUT2D eigenvalue weighted by molar-refractivity contribution is -0.128. The van der Waals surface area contributed by atoms with Crippen LogP contribution in [0.4, 0.5) is 0 Å². The summed E-state index contributed by atoms with van der Waals surface area (Å²) < 4.78 is 2.09. The number of hydrogen-bond acceptors (Lipinski definition) is 4. The number of carbonyl (C=O) groups excluding carboxylic acids is 1. The smallest absolute Gasteiger partial charge is 0.232 e. The van der Waals surface area contributed by atoms with Gasteiger partial charge in [0.1, 0.15) is 0 Å². The Kier molecular flexibility index (Phi) is 5.55. The van der Waals surface area contributed by atoms with Crippen LogP contribution in [0.25, 0.3) is 0 Å². The maximum absolute atomic E-state index is 12.3. The van der Waals surface area contributed by atoms with Gasteiger partial charge >= 0.3 is 0 Å². The Labute approximate surface area is 137 Å². The quantitative estimate of drug-likeness (QED) is 0.844. The topological polar surface area (TPSA) is 58.4 Å². The standard InChI is InChI=1S/C16H27N3O2S/c1-16(2,3)19-9-8-17-15(19)22-11-14(21)18(4)10-12-6-5-7-13(12)20/h8-9,12-13,20H,5-7,10-11H2,1-4H3. The van der Waals surface area contributed by atoms with Crippen LogP contribution in [0.5, 0.6) is 0 Å². The number of imidazole rings is 1. The number of rotatable bonds is 5. The van der Waals surface area contributed by atoms with Gasteiger partial charge in [-0.1, -0.05) is 18.2 Å². The fraction of sp³-hybridized carbons (Fsp3) is 0.750. The molecule has 1 aliphatic rings. The zero-order valence-electron chi connectivity index (χ0n) is 14.0. The monoisotopic (exact) mass is 325 g/mol. The largest absolute Gasteiger partial charge is 0.393 e. The zero-order valence-corrected chi connectivity index (χ0v) is 14.8. The molecular formula is C16H27N3O2S. The second kappa shape index (κ2) is 7.04. The molecular weight excluding hydrogens is 298 g/mol. The highest BCUT2D eigenvalue weighted by Gasteiger charge is 2.27.